The van der Waals surface area contributed by atoms with Crippen LogP contribution < -0.4 is 0 Å². The average Bonchev–Trinajstić information content (AvgIpc) is 2.52. The molecule has 0 saturated carbocycles. The molecule has 3 rings (SSSR count). The zero-order valence-corrected chi connectivity index (χ0v) is 12.2. The monoisotopic (exact) mass is 276 g/mol. The lowest BCUT2D eigenvalue weighted by molar-refractivity contribution is 0.475. The van der Waals surface area contributed by atoms with E-state index in [0.29, 0.717) is 5.75 Å². The molecule has 0 heterocycles. The minimum atomic E-state index is 0.322. The summed E-state index contributed by atoms with van der Waals surface area (Å²) in [6, 6.07) is 27.8. The smallest absolute Gasteiger partial charge is 0.115 e. The van der Waals surface area contributed by atoms with Gasteiger partial charge in [0.25, 0.3) is 0 Å². The van der Waals surface area contributed by atoms with Gasteiger partial charge in [0.1, 0.15) is 5.75 Å². The van der Waals surface area contributed by atoms with Crippen LogP contribution in [0.25, 0.3) is 0 Å². The number of hydrogen-bond donors (Lipinski definition) is 1. The maximum Gasteiger partial charge on any atom is 0.115 e. The highest BCUT2D eigenvalue weighted by Crippen LogP contribution is 2.12. The van der Waals surface area contributed by atoms with Crippen molar-refractivity contribution in [1.29, 1.82) is 0 Å². The molecule has 0 aliphatic rings. The fourth-order valence-corrected chi connectivity index (χ4v) is 2.05. The van der Waals surface area contributed by atoms with Crippen LogP contribution in [0.5, 0.6) is 5.75 Å². The van der Waals surface area contributed by atoms with E-state index in [1.54, 1.807) is 24.3 Å². The molecule has 0 spiro atoms. The van der Waals surface area contributed by atoms with Gasteiger partial charge < -0.3 is 5.11 Å². The summed E-state index contributed by atoms with van der Waals surface area (Å²) in [5.41, 5.74) is 4.16. The zero-order valence-electron chi connectivity index (χ0n) is 12.2. The van der Waals surface area contributed by atoms with E-state index in [9.17, 15) is 0 Å². The molecule has 3 aromatic rings. The number of aromatic hydroxyl groups is 1. The summed E-state index contributed by atoms with van der Waals surface area (Å²) in [6.45, 7) is 2.16. The van der Waals surface area contributed by atoms with Crippen LogP contribution in [-0.4, -0.2) is 5.11 Å². The predicted octanol–water partition coefficient (Wildman–Crippen LogP) is 4.98. The summed E-state index contributed by atoms with van der Waals surface area (Å²) in [6.07, 6.45) is 1.04. The van der Waals surface area contributed by atoms with E-state index in [-0.39, 0.29) is 0 Å². The second-order valence-electron chi connectivity index (χ2n) is 4.92. The van der Waals surface area contributed by atoms with Gasteiger partial charge in [-0.05, 0) is 42.2 Å². The summed E-state index contributed by atoms with van der Waals surface area (Å²) in [4.78, 5) is 0. The van der Waals surface area contributed by atoms with Gasteiger partial charge in [0.15, 0.2) is 0 Å². The molecule has 3 aromatic carbocycles. The van der Waals surface area contributed by atoms with Crippen molar-refractivity contribution in [2.24, 2.45) is 0 Å². The van der Waals surface area contributed by atoms with Crippen LogP contribution in [0, 0.1) is 6.92 Å². The molecule has 0 aliphatic heterocycles. The Kier molecular flexibility index (Phi) is 5.60. The normalized spacial score (nSPS) is 9.57. The molecule has 0 unspecified atom stereocenters. The Morgan fingerprint density at radius 1 is 0.667 bits per heavy atom. The molecule has 1 N–H and O–H groups in total. The van der Waals surface area contributed by atoms with E-state index in [4.69, 9.17) is 5.11 Å². The Hall–Kier alpha value is -2.54. The van der Waals surface area contributed by atoms with Crippen molar-refractivity contribution < 1.29 is 5.11 Å². The number of rotatable bonds is 2. The third-order valence-electron chi connectivity index (χ3n) is 3.25. The van der Waals surface area contributed by atoms with Crippen LogP contribution in [0.2, 0.25) is 0 Å². The van der Waals surface area contributed by atoms with Gasteiger partial charge in [0.05, 0.1) is 0 Å². The van der Waals surface area contributed by atoms with Crippen molar-refractivity contribution >= 4 is 0 Å². The highest BCUT2D eigenvalue weighted by Gasteiger charge is 1.97. The molecule has 21 heavy (non-hydrogen) atoms. The Morgan fingerprint density at radius 3 is 1.71 bits per heavy atom. The van der Waals surface area contributed by atoms with Crippen molar-refractivity contribution in [2.45, 2.75) is 13.3 Å². The third-order valence-corrected chi connectivity index (χ3v) is 3.25. The highest BCUT2D eigenvalue weighted by molar-refractivity contribution is 5.31. The molecule has 0 radical (unpaired) electrons. The van der Waals surface area contributed by atoms with Crippen LogP contribution in [0.15, 0.2) is 84.9 Å². The van der Waals surface area contributed by atoms with E-state index >= 15 is 0 Å². The second kappa shape index (κ2) is 7.91. The van der Waals surface area contributed by atoms with Crippen LogP contribution in [0.3, 0.4) is 0 Å². The first-order valence-corrected chi connectivity index (χ1v) is 7.08. The van der Waals surface area contributed by atoms with Gasteiger partial charge in [-0.1, -0.05) is 72.8 Å². The molecular weight excluding hydrogens is 256 g/mol. The first-order valence-electron chi connectivity index (χ1n) is 7.08. The van der Waals surface area contributed by atoms with Crippen molar-refractivity contribution in [2.75, 3.05) is 0 Å². The summed E-state index contributed by atoms with van der Waals surface area (Å²) >= 11 is 0. The molecule has 0 bridgehead atoms. The summed E-state index contributed by atoms with van der Waals surface area (Å²) in [7, 11) is 0. The first kappa shape index (κ1) is 14.9. The van der Waals surface area contributed by atoms with Gasteiger partial charge in [-0.3, -0.25) is 0 Å². The van der Waals surface area contributed by atoms with Crippen molar-refractivity contribution in [3.8, 4) is 5.75 Å². The lowest BCUT2D eigenvalue weighted by Crippen LogP contribution is -1.90. The third kappa shape index (κ3) is 5.15. The Balaban J connectivity index is 0.000000194. The van der Waals surface area contributed by atoms with E-state index in [1.165, 1.54) is 16.7 Å². The Morgan fingerprint density at radius 2 is 1.19 bits per heavy atom. The average molecular weight is 276 g/mol. The van der Waals surface area contributed by atoms with E-state index in [1.807, 2.05) is 6.07 Å². The van der Waals surface area contributed by atoms with E-state index in [0.717, 1.165) is 6.42 Å². The van der Waals surface area contributed by atoms with Gasteiger partial charge in [0, 0.05) is 0 Å². The van der Waals surface area contributed by atoms with Gasteiger partial charge in [-0.2, -0.15) is 0 Å². The largest absolute Gasteiger partial charge is 0.508 e. The minimum absolute atomic E-state index is 0.322. The number of phenols is 1. The molecule has 106 valence electrons. The summed E-state index contributed by atoms with van der Waals surface area (Å²) in [5.74, 6) is 0.322. The van der Waals surface area contributed by atoms with E-state index < -0.39 is 0 Å². The van der Waals surface area contributed by atoms with Crippen LogP contribution in [-0.2, 0) is 6.42 Å². The molecule has 0 fully saturated rings. The Labute approximate surface area is 126 Å². The molecule has 0 amide bonds. The lowest BCUT2D eigenvalue weighted by Gasteiger charge is -2.04. The standard InChI is InChI=1S/C14H14.C6H6O/c1-12-7-5-6-10-14(12)11-13-8-3-2-4-9-13;7-6-4-2-1-3-5-6/h2-10H,11H2,1H3;1-5,7H. The highest BCUT2D eigenvalue weighted by atomic mass is 16.3. The van der Waals surface area contributed by atoms with Gasteiger partial charge in [-0.15, -0.1) is 0 Å². The molecule has 0 aromatic heterocycles. The predicted molar refractivity (Wildman–Crippen MR) is 88.5 cm³/mol. The van der Waals surface area contributed by atoms with Crippen LogP contribution in [0.4, 0.5) is 0 Å². The summed E-state index contributed by atoms with van der Waals surface area (Å²) in [5, 5.41) is 8.63. The minimum Gasteiger partial charge on any atom is -0.508 e. The van der Waals surface area contributed by atoms with Crippen molar-refractivity contribution in [1.82, 2.24) is 0 Å². The van der Waals surface area contributed by atoms with E-state index in [2.05, 4.69) is 61.5 Å². The molecule has 1 nitrogen and oxygen atoms in total. The fourth-order valence-electron chi connectivity index (χ4n) is 2.05. The topological polar surface area (TPSA) is 20.2 Å². The number of para-hydroxylation sites is 1. The van der Waals surface area contributed by atoms with Crippen molar-refractivity contribution in [3.05, 3.63) is 102 Å². The van der Waals surface area contributed by atoms with Gasteiger partial charge >= 0.3 is 0 Å². The molecular formula is C20H20O. The van der Waals surface area contributed by atoms with Crippen molar-refractivity contribution in [3.63, 3.8) is 0 Å². The molecule has 1 heteroatoms. The number of benzene rings is 3. The summed E-state index contributed by atoms with van der Waals surface area (Å²) < 4.78 is 0. The maximum absolute atomic E-state index is 8.63. The maximum atomic E-state index is 8.63. The Bertz CT molecular complexity index is 645. The molecule has 0 atom stereocenters. The zero-order chi connectivity index (χ0) is 14.9. The van der Waals surface area contributed by atoms with Gasteiger partial charge in [-0.25, -0.2) is 0 Å². The lowest BCUT2D eigenvalue weighted by atomic mass is 10.0. The molecule has 0 aliphatic carbocycles. The molecule has 0 saturated heterocycles. The quantitative estimate of drug-likeness (QED) is 0.700. The second-order valence-corrected chi connectivity index (χ2v) is 4.92. The fraction of sp³-hybridized carbons (Fsp3) is 0.100. The van der Waals surface area contributed by atoms with Crippen LogP contribution >= 0.6 is 0 Å². The SMILES string of the molecule is Cc1ccccc1Cc1ccccc1.Oc1ccccc1. The van der Waals surface area contributed by atoms with Gasteiger partial charge in [0.2, 0.25) is 0 Å². The number of aryl methyl sites for hydroxylation is 1. The van der Waals surface area contributed by atoms with Crippen LogP contribution in [0.1, 0.15) is 16.7 Å². The first-order chi connectivity index (χ1) is 10.3. The number of hydrogen-bond acceptors (Lipinski definition) is 1. The number of phenolic OH excluding ortho intramolecular Hbond substituents is 1.